The summed E-state index contributed by atoms with van der Waals surface area (Å²) < 4.78 is 0. The molecule has 8 heavy (non-hydrogen) atoms. The van der Waals surface area contributed by atoms with E-state index >= 15 is 0 Å². The van der Waals surface area contributed by atoms with Gasteiger partial charge in [-0.3, -0.25) is 0 Å². The van der Waals surface area contributed by atoms with Crippen molar-refractivity contribution >= 4 is 12.6 Å². The number of aliphatic hydroxyl groups is 1. The smallest absolute Gasteiger partial charge is 0.0547 e. The van der Waals surface area contributed by atoms with Gasteiger partial charge in [-0.25, -0.2) is 0 Å². The second-order valence-corrected chi connectivity index (χ2v) is 2.71. The highest BCUT2D eigenvalue weighted by atomic mass is 32.1. The lowest BCUT2D eigenvalue weighted by molar-refractivity contribution is 0.289. The Balaban J connectivity index is 2.86. The molecule has 50 valence electrons. The Morgan fingerprint density at radius 3 is 2.62 bits per heavy atom. The standard InChI is InChI=1S/C6H14OS/c1-2-3-4-6(8)5-7/h6-8H,2-5H2,1H3/t6-/m0/s1. The fourth-order valence-corrected chi connectivity index (χ4v) is 0.714. The van der Waals surface area contributed by atoms with Crippen LogP contribution in [-0.2, 0) is 0 Å². The van der Waals surface area contributed by atoms with Crippen molar-refractivity contribution in [2.24, 2.45) is 0 Å². The third-order valence-electron chi connectivity index (χ3n) is 1.10. The van der Waals surface area contributed by atoms with Crippen LogP contribution < -0.4 is 0 Å². The van der Waals surface area contributed by atoms with E-state index in [0.717, 1.165) is 6.42 Å². The molecule has 0 amide bonds. The average molecular weight is 134 g/mol. The summed E-state index contributed by atoms with van der Waals surface area (Å²) in [6, 6.07) is 0. The monoisotopic (exact) mass is 134 g/mol. The largest absolute Gasteiger partial charge is 0.395 e. The number of hydrogen-bond donors (Lipinski definition) is 2. The molecule has 0 aliphatic rings. The van der Waals surface area contributed by atoms with E-state index in [1.807, 2.05) is 0 Å². The zero-order chi connectivity index (χ0) is 6.41. The summed E-state index contributed by atoms with van der Waals surface area (Å²) in [6.45, 7) is 2.35. The summed E-state index contributed by atoms with van der Waals surface area (Å²) in [7, 11) is 0. The van der Waals surface area contributed by atoms with Crippen LogP contribution in [0.5, 0.6) is 0 Å². The van der Waals surface area contributed by atoms with Gasteiger partial charge in [-0.1, -0.05) is 19.8 Å². The van der Waals surface area contributed by atoms with Crippen molar-refractivity contribution < 1.29 is 5.11 Å². The zero-order valence-electron chi connectivity index (χ0n) is 5.30. The summed E-state index contributed by atoms with van der Waals surface area (Å²) in [5.41, 5.74) is 0. The third kappa shape index (κ3) is 4.47. The molecule has 0 spiro atoms. The molecule has 1 nitrogen and oxygen atoms in total. The van der Waals surface area contributed by atoms with Gasteiger partial charge in [0.15, 0.2) is 0 Å². The minimum atomic E-state index is 0.204. The van der Waals surface area contributed by atoms with Gasteiger partial charge >= 0.3 is 0 Å². The fraction of sp³-hybridized carbons (Fsp3) is 1.00. The summed E-state index contributed by atoms with van der Waals surface area (Å²) in [5, 5.41) is 8.69. The van der Waals surface area contributed by atoms with Crippen LogP contribution >= 0.6 is 12.6 Å². The van der Waals surface area contributed by atoms with Crippen molar-refractivity contribution in [3.8, 4) is 0 Å². The molecule has 0 unspecified atom stereocenters. The van der Waals surface area contributed by atoms with Crippen molar-refractivity contribution in [1.29, 1.82) is 0 Å². The molecule has 0 aromatic heterocycles. The van der Waals surface area contributed by atoms with E-state index in [-0.39, 0.29) is 11.9 Å². The lowest BCUT2D eigenvalue weighted by Crippen LogP contribution is -2.03. The summed E-state index contributed by atoms with van der Waals surface area (Å²) in [4.78, 5) is 0. The van der Waals surface area contributed by atoms with Gasteiger partial charge in [0.25, 0.3) is 0 Å². The molecule has 1 N–H and O–H groups in total. The highest BCUT2D eigenvalue weighted by Gasteiger charge is 1.96. The van der Waals surface area contributed by atoms with Crippen LogP contribution in [0.4, 0.5) is 0 Å². The molecular weight excluding hydrogens is 120 g/mol. The molecule has 0 aromatic rings. The molecule has 1 atom stereocenters. The molecule has 0 aliphatic carbocycles. The van der Waals surface area contributed by atoms with Crippen LogP contribution in [0.1, 0.15) is 26.2 Å². The number of rotatable bonds is 4. The average Bonchev–Trinajstić information content (AvgIpc) is 1.83. The van der Waals surface area contributed by atoms with E-state index in [2.05, 4.69) is 19.6 Å². The van der Waals surface area contributed by atoms with Gasteiger partial charge in [0.05, 0.1) is 6.61 Å². The summed E-state index contributed by atoms with van der Waals surface area (Å²) in [5.74, 6) is 0. The molecule has 0 heterocycles. The molecule has 0 aliphatic heterocycles. The van der Waals surface area contributed by atoms with E-state index in [9.17, 15) is 0 Å². The summed E-state index contributed by atoms with van der Waals surface area (Å²) >= 11 is 4.11. The van der Waals surface area contributed by atoms with Gasteiger partial charge in [-0.15, -0.1) is 0 Å². The normalized spacial score (nSPS) is 13.9. The van der Waals surface area contributed by atoms with E-state index in [1.54, 1.807) is 0 Å². The van der Waals surface area contributed by atoms with Crippen molar-refractivity contribution in [2.75, 3.05) is 6.61 Å². The van der Waals surface area contributed by atoms with Crippen molar-refractivity contribution in [3.05, 3.63) is 0 Å². The van der Waals surface area contributed by atoms with Gasteiger partial charge in [-0.2, -0.15) is 12.6 Å². The quantitative estimate of drug-likeness (QED) is 0.558. The molecular formula is C6H14OS. The van der Waals surface area contributed by atoms with E-state index in [4.69, 9.17) is 5.11 Å². The molecule has 2 heteroatoms. The SMILES string of the molecule is CCCC[C@H](S)CO. The van der Waals surface area contributed by atoms with Gasteiger partial charge in [-0.05, 0) is 6.42 Å². The molecule has 0 bridgehead atoms. The molecule has 0 rings (SSSR count). The number of unbranched alkanes of at least 4 members (excludes halogenated alkanes) is 1. The maximum atomic E-state index is 8.49. The van der Waals surface area contributed by atoms with Gasteiger partial charge < -0.3 is 5.11 Å². The first-order valence-corrected chi connectivity index (χ1v) is 3.61. The van der Waals surface area contributed by atoms with Gasteiger partial charge in [0.2, 0.25) is 0 Å². The Morgan fingerprint density at radius 2 is 2.25 bits per heavy atom. The summed E-state index contributed by atoms with van der Waals surface area (Å²) in [6.07, 6.45) is 3.40. The highest BCUT2D eigenvalue weighted by molar-refractivity contribution is 7.81. The van der Waals surface area contributed by atoms with Crippen LogP contribution in [0.25, 0.3) is 0 Å². The van der Waals surface area contributed by atoms with Crippen molar-refractivity contribution in [1.82, 2.24) is 0 Å². The van der Waals surface area contributed by atoms with Crippen molar-refractivity contribution in [2.45, 2.75) is 31.4 Å². The van der Waals surface area contributed by atoms with Crippen LogP contribution in [-0.4, -0.2) is 17.0 Å². The minimum absolute atomic E-state index is 0.204. The molecule has 0 saturated heterocycles. The maximum absolute atomic E-state index is 8.49. The Bertz CT molecular complexity index is 47.8. The number of hydrogen-bond acceptors (Lipinski definition) is 2. The van der Waals surface area contributed by atoms with Crippen molar-refractivity contribution in [3.63, 3.8) is 0 Å². The molecule has 0 radical (unpaired) electrons. The predicted octanol–water partition coefficient (Wildman–Crippen LogP) is 1.47. The number of aliphatic hydroxyl groups excluding tert-OH is 1. The van der Waals surface area contributed by atoms with E-state index < -0.39 is 0 Å². The first kappa shape index (κ1) is 8.31. The number of thiol groups is 1. The van der Waals surface area contributed by atoms with Crippen LogP contribution in [0.15, 0.2) is 0 Å². The Morgan fingerprint density at radius 1 is 1.62 bits per heavy atom. The molecule has 0 saturated carbocycles. The Kier molecular flexibility index (Phi) is 5.66. The third-order valence-corrected chi connectivity index (χ3v) is 1.52. The van der Waals surface area contributed by atoms with Crippen LogP contribution in [0.2, 0.25) is 0 Å². The first-order valence-electron chi connectivity index (χ1n) is 3.10. The fourth-order valence-electron chi connectivity index (χ4n) is 0.531. The van der Waals surface area contributed by atoms with E-state index in [1.165, 1.54) is 12.8 Å². The lowest BCUT2D eigenvalue weighted by atomic mass is 10.2. The minimum Gasteiger partial charge on any atom is -0.395 e. The van der Waals surface area contributed by atoms with Crippen LogP contribution in [0, 0.1) is 0 Å². The van der Waals surface area contributed by atoms with Gasteiger partial charge in [0, 0.05) is 5.25 Å². The Hall–Kier alpha value is 0.310. The zero-order valence-corrected chi connectivity index (χ0v) is 6.19. The van der Waals surface area contributed by atoms with E-state index in [0.29, 0.717) is 0 Å². The maximum Gasteiger partial charge on any atom is 0.0547 e. The van der Waals surface area contributed by atoms with Crippen LogP contribution in [0.3, 0.4) is 0 Å². The molecule has 0 aromatic carbocycles. The van der Waals surface area contributed by atoms with Gasteiger partial charge in [0.1, 0.15) is 0 Å². The Labute approximate surface area is 56.5 Å². The highest BCUT2D eigenvalue weighted by Crippen LogP contribution is 2.04. The first-order chi connectivity index (χ1) is 3.81. The second kappa shape index (κ2) is 5.45. The molecule has 0 fully saturated rings. The topological polar surface area (TPSA) is 20.2 Å². The second-order valence-electron chi connectivity index (χ2n) is 1.98. The lowest BCUT2D eigenvalue weighted by Gasteiger charge is -2.02. The predicted molar refractivity (Wildman–Crippen MR) is 39.4 cm³/mol.